The van der Waals surface area contributed by atoms with Crippen molar-refractivity contribution in [1.29, 1.82) is 0 Å². The van der Waals surface area contributed by atoms with Crippen molar-refractivity contribution < 1.29 is 18.3 Å². The average Bonchev–Trinajstić information content (AvgIpc) is 2.57. The predicted molar refractivity (Wildman–Crippen MR) is 88.5 cm³/mol. The van der Waals surface area contributed by atoms with Gasteiger partial charge in [-0.25, -0.2) is 8.78 Å². The second-order valence-electron chi connectivity index (χ2n) is 7.18. The number of nitrogens with one attached hydrogen (secondary N) is 1. The second kappa shape index (κ2) is 7.49. The van der Waals surface area contributed by atoms with Crippen molar-refractivity contribution >= 4 is 5.91 Å². The second-order valence-corrected chi connectivity index (χ2v) is 7.18. The first-order valence-corrected chi connectivity index (χ1v) is 8.91. The number of carbonyl (C=O) groups excluding carboxylic acids is 1. The minimum absolute atomic E-state index is 0.109. The van der Waals surface area contributed by atoms with Crippen molar-refractivity contribution in [3.63, 3.8) is 0 Å². The van der Waals surface area contributed by atoms with Gasteiger partial charge in [0.25, 0.3) is 5.91 Å². The Morgan fingerprint density at radius 3 is 2.38 bits per heavy atom. The zero-order valence-corrected chi connectivity index (χ0v) is 13.9. The Balaban J connectivity index is 1.41. The molecule has 0 unspecified atom stereocenters. The third-order valence-corrected chi connectivity index (χ3v) is 5.05. The van der Waals surface area contributed by atoms with Crippen LogP contribution in [0.1, 0.15) is 55.3 Å². The van der Waals surface area contributed by atoms with Crippen molar-refractivity contribution in [2.75, 3.05) is 13.2 Å². The fraction of sp³-hybridized carbons (Fsp3) is 0.632. The van der Waals surface area contributed by atoms with Crippen molar-refractivity contribution in [2.45, 2.75) is 50.9 Å². The number of amides is 1. The number of hydrogen-bond acceptors (Lipinski definition) is 2. The number of hydrogen-bond donors (Lipinski definition) is 1. The van der Waals surface area contributed by atoms with Gasteiger partial charge in [-0.2, -0.15) is 0 Å². The minimum Gasteiger partial charge on any atom is -0.493 e. The van der Waals surface area contributed by atoms with E-state index in [4.69, 9.17) is 4.74 Å². The van der Waals surface area contributed by atoms with Gasteiger partial charge >= 0.3 is 0 Å². The molecule has 3 nitrogen and oxygen atoms in total. The summed E-state index contributed by atoms with van der Waals surface area (Å²) in [5, 5.41) is 2.73. The Labute approximate surface area is 141 Å². The van der Waals surface area contributed by atoms with Crippen molar-refractivity contribution in [1.82, 2.24) is 5.32 Å². The van der Waals surface area contributed by atoms with Crippen LogP contribution in [-0.2, 0) is 0 Å². The van der Waals surface area contributed by atoms with Crippen molar-refractivity contribution in [2.24, 2.45) is 11.8 Å². The molecule has 2 saturated carbocycles. The lowest BCUT2D eigenvalue weighted by Gasteiger charge is -2.34. The number of carbonyl (C=O) groups is 1. The zero-order valence-electron chi connectivity index (χ0n) is 13.9. The number of rotatable bonds is 6. The minimum atomic E-state index is -2.54. The zero-order chi connectivity index (χ0) is 17.0. The molecular formula is C19H25F2NO2. The van der Waals surface area contributed by atoms with E-state index in [0.29, 0.717) is 18.0 Å². The molecular weight excluding hydrogens is 312 g/mol. The molecule has 24 heavy (non-hydrogen) atoms. The third kappa shape index (κ3) is 4.68. The molecule has 2 fully saturated rings. The molecule has 1 amide bonds. The average molecular weight is 337 g/mol. The van der Waals surface area contributed by atoms with E-state index in [0.717, 1.165) is 12.4 Å². The lowest BCUT2D eigenvalue weighted by molar-refractivity contribution is -0.108. The molecule has 1 aromatic rings. The lowest BCUT2D eigenvalue weighted by Crippen LogP contribution is -2.42. The van der Waals surface area contributed by atoms with Gasteiger partial charge in [0, 0.05) is 24.9 Å². The highest BCUT2D eigenvalue weighted by Crippen LogP contribution is 2.41. The summed E-state index contributed by atoms with van der Waals surface area (Å²) >= 11 is 0. The molecule has 0 radical (unpaired) electrons. The molecule has 1 aromatic carbocycles. The number of alkyl halides is 2. The Kier molecular flexibility index (Phi) is 5.36. The summed E-state index contributed by atoms with van der Waals surface area (Å²) in [7, 11) is 0. The van der Waals surface area contributed by atoms with E-state index in [1.165, 1.54) is 32.1 Å². The highest BCUT2D eigenvalue weighted by molar-refractivity contribution is 5.94. The van der Waals surface area contributed by atoms with Gasteiger partial charge in [-0.05, 0) is 48.9 Å². The Bertz CT molecular complexity index is 545. The topological polar surface area (TPSA) is 38.3 Å². The van der Waals surface area contributed by atoms with E-state index in [9.17, 15) is 13.6 Å². The molecule has 0 heterocycles. The van der Waals surface area contributed by atoms with Crippen LogP contribution in [0.5, 0.6) is 5.75 Å². The molecule has 0 spiro atoms. The number of ether oxygens (including phenoxy) is 1. The van der Waals surface area contributed by atoms with E-state index in [1.807, 2.05) is 0 Å². The Hall–Kier alpha value is -1.65. The van der Waals surface area contributed by atoms with Crippen LogP contribution >= 0.6 is 0 Å². The quantitative estimate of drug-likeness (QED) is 0.834. The van der Waals surface area contributed by atoms with Crippen LogP contribution < -0.4 is 10.1 Å². The van der Waals surface area contributed by atoms with Gasteiger partial charge in [0.1, 0.15) is 5.75 Å². The van der Waals surface area contributed by atoms with E-state index in [-0.39, 0.29) is 24.7 Å². The van der Waals surface area contributed by atoms with Crippen LogP contribution in [0.4, 0.5) is 8.78 Å². The standard InChI is InChI=1S/C19H25F2NO2/c20-19(21)10-15(11-19)12-22-18(23)16-6-8-17(9-7-16)24-13-14-4-2-1-3-5-14/h6-9,14-15H,1-5,10-13H2,(H,22,23). The number of benzene rings is 1. The summed E-state index contributed by atoms with van der Waals surface area (Å²) < 4.78 is 31.3. The molecule has 5 heteroatoms. The SMILES string of the molecule is O=C(NCC1CC(F)(F)C1)c1ccc(OCC2CCCCC2)cc1. The fourth-order valence-electron chi connectivity index (χ4n) is 3.54. The maximum absolute atomic E-state index is 12.8. The fourth-order valence-corrected chi connectivity index (χ4v) is 3.54. The Morgan fingerprint density at radius 1 is 1.08 bits per heavy atom. The first-order chi connectivity index (χ1) is 11.5. The highest BCUT2D eigenvalue weighted by Gasteiger charge is 2.44. The molecule has 1 N–H and O–H groups in total. The monoisotopic (exact) mass is 337 g/mol. The molecule has 0 aliphatic heterocycles. The van der Waals surface area contributed by atoms with Crippen LogP contribution in [0.2, 0.25) is 0 Å². The van der Waals surface area contributed by atoms with Crippen LogP contribution in [0.25, 0.3) is 0 Å². The van der Waals surface area contributed by atoms with Gasteiger partial charge in [0.2, 0.25) is 5.92 Å². The first-order valence-electron chi connectivity index (χ1n) is 8.91. The lowest BCUT2D eigenvalue weighted by atomic mass is 9.81. The number of halogens is 2. The summed E-state index contributed by atoms with van der Waals surface area (Å²) in [5.41, 5.74) is 0.533. The van der Waals surface area contributed by atoms with Crippen LogP contribution in [0.15, 0.2) is 24.3 Å². The first kappa shape index (κ1) is 17.2. The van der Waals surface area contributed by atoms with Gasteiger partial charge in [-0.15, -0.1) is 0 Å². The highest BCUT2D eigenvalue weighted by atomic mass is 19.3. The van der Waals surface area contributed by atoms with Crippen LogP contribution in [0, 0.1) is 11.8 Å². The van der Waals surface area contributed by atoms with Gasteiger partial charge in [0.15, 0.2) is 0 Å². The largest absolute Gasteiger partial charge is 0.493 e. The molecule has 0 atom stereocenters. The van der Waals surface area contributed by atoms with Gasteiger partial charge < -0.3 is 10.1 Å². The van der Waals surface area contributed by atoms with Crippen LogP contribution in [-0.4, -0.2) is 25.0 Å². The molecule has 3 rings (SSSR count). The van der Waals surface area contributed by atoms with Crippen molar-refractivity contribution in [3.05, 3.63) is 29.8 Å². The summed E-state index contributed by atoms with van der Waals surface area (Å²) in [6.07, 6.45) is 6.14. The van der Waals surface area contributed by atoms with Gasteiger partial charge in [0.05, 0.1) is 6.61 Å². The summed E-state index contributed by atoms with van der Waals surface area (Å²) in [5.74, 6) is -1.45. The van der Waals surface area contributed by atoms with Gasteiger partial charge in [-0.3, -0.25) is 4.79 Å². The predicted octanol–water partition coefficient (Wildman–Crippen LogP) is 4.42. The third-order valence-electron chi connectivity index (χ3n) is 5.05. The maximum Gasteiger partial charge on any atom is 0.251 e. The summed E-state index contributed by atoms with van der Waals surface area (Å²) in [6, 6.07) is 7.05. The van der Waals surface area contributed by atoms with Crippen molar-refractivity contribution in [3.8, 4) is 5.75 Å². The molecule has 132 valence electrons. The molecule has 2 aliphatic rings. The van der Waals surface area contributed by atoms with Gasteiger partial charge in [-0.1, -0.05) is 19.3 Å². The van der Waals surface area contributed by atoms with E-state index in [2.05, 4.69) is 5.32 Å². The van der Waals surface area contributed by atoms with E-state index in [1.54, 1.807) is 24.3 Å². The normalized spacial score (nSPS) is 21.1. The Morgan fingerprint density at radius 2 is 1.75 bits per heavy atom. The van der Waals surface area contributed by atoms with E-state index >= 15 is 0 Å². The molecule has 0 bridgehead atoms. The smallest absolute Gasteiger partial charge is 0.251 e. The summed E-state index contributed by atoms with van der Waals surface area (Å²) in [6.45, 7) is 1.05. The molecule has 0 saturated heterocycles. The maximum atomic E-state index is 12.8. The van der Waals surface area contributed by atoms with Crippen LogP contribution in [0.3, 0.4) is 0 Å². The summed E-state index contributed by atoms with van der Waals surface area (Å²) in [4.78, 5) is 12.0. The van der Waals surface area contributed by atoms with E-state index < -0.39 is 5.92 Å². The molecule has 0 aromatic heterocycles. The molecule has 2 aliphatic carbocycles.